The van der Waals surface area contributed by atoms with E-state index >= 15 is 0 Å². The zero-order valence-corrected chi connectivity index (χ0v) is 16.5. The number of aromatic nitrogens is 2. The Kier molecular flexibility index (Phi) is 5.62. The van der Waals surface area contributed by atoms with Gasteiger partial charge in [0, 0.05) is 30.7 Å². The number of anilines is 1. The number of alkyl halides is 5. The third-order valence-electron chi connectivity index (χ3n) is 4.87. The smallest absolute Gasteiger partial charge is 0.389 e. The topological polar surface area (TPSA) is 67.2 Å². The summed E-state index contributed by atoms with van der Waals surface area (Å²) in [4.78, 5) is 12.3. The number of halogens is 5. The van der Waals surface area contributed by atoms with Crippen LogP contribution in [0.5, 0.6) is 0 Å². The SMILES string of the molecule is Cc1c(C2CC(F)(F)C2)nn(CC(C)(C)O)c1NC(=O)CC(C)(C)C(F)(F)F. The van der Waals surface area contributed by atoms with Crippen LogP contribution in [0.1, 0.15) is 64.1 Å². The average Bonchev–Trinajstić information content (AvgIpc) is 2.69. The minimum absolute atomic E-state index is 0.0603. The number of amides is 1. The van der Waals surface area contributed by atoms with Crippen LogP contribution in [0, 0.1) is 12.3 Å². The minimum atomic E-state index is -4.56. The molecule has 0 radical (unpaired) electrons. The number of nitrogens with zero attached hydrogens (tertiary/aromatic N) is 2. The number of nitrogens with one attached hydrogen (secondary N) is 1. The first kappa shape index (κ1) is 22.6. The Bertz CT molecular complexity index is 740. The normalized spacial score (nSPS) is 18.1. The number of aliphatic hydroxyl groups is 1. The zero-order valence-electron chi connectivity index (χ0n) is 16.5. The van der Waals surface area contributed by atoms with E-state index in [4.69, 9.17) is 0 Å². The minimum Gasteiger partial charge on any atom is -0.389 e. The lowest BCUT2D eigenvalue weighted by Crippen LogP contribution is -2.36. The van der Waals surface area contributed by atoms with Gasteiger partial charge < -0.3 is 10.4 Å². The summed E-state index contributed by atoms with van der Waals surface area (Å²) >= 11 is 0. The maximum absolute atomic E-state index is 13.2. The van der Waals surface area contributed by atoms with Gasteiger partial charge in [-0.15, -0.1) is 0 Å². The summed E-state index contributed by atoms with van der Waals surface area (Å²) in [6.45, 7) is 6.36. The lowest BCUT2D eigenvalue weighted by atomic mass is 9.78. The fourth-order valence-corrected chi connectivity index (χ4v) is 3.13. The van der Waals surface area contributed by atoms with Gasteiger partial charge in [-0.2, -0.15) is 18.3 Å². The molecule has 1 heterocycles. The van der Waals surface area contributed by atoms with E-state index in [0.29, 0.717) is 11.3 Å². The first-order valence-electron chi connectivity index (χ1n) is 8.96. The fourth-order valence-electron chi connectivity index (χ4n) is 3.13. The molecule has 160 valence electrons. The molecule has 0 spiro atoms. The van der Waals surface area contributed by atoms with Crippen molar-refractivity contribution < 1.29 is 31.9 Å². The van der Waals surface area contributed by atoms with Gasteiger partial charge in [-0.3, -0.25) is 4.79 Å². The molecule has 0 aliphatic heterocycles. The third kappa shape index (κ3) is 5.01. The fraction of sp³-hybridized carbons (Fsp3) is 0.778. The van der Waals surface area contributed by atoms with Gasteiger partial charge in [0.15, 0.2) is 0 Å². The van der Waals surface area contributed by atoms with Crippen LogP contribution >= 0.6 is 0 Å². The Labute approximate surface area is 160 Å². The number of hydrogen-bond donors (Lipinski definition) is 2. The van der Waals surface area contributed by atoms with Crippen molar-refractivity contribution in [2.24, 2.45) is 5.41 Å². The third-order valence-corrected chi connectivity index (χ3v) is 4.87. The first-order valence-corrected chi connectivity index (χ1v) is 8.96. The van der Waals surface area contributed by atoms with Crippen molar-refractivity contribution in [3.8, 4) is 0 Å². The van der Waals surface area contributed by atoms with E-state index < -0.39 is 41.4 Å². The first-order chi connectivity index (χ1) is 12.4. The zero-order chi connectivity index (χ0) is 21.7. The maximum atomic E-state index is 13.2. The van der Waals surface area contributed by atoms with E-state index in [9.17, 15) is 31.9 Å². The average molecular weight is 411 g/mol. The monoisotopic (exact) mass is 411 g/mol. The van der Waals surface area contributed by atoms with E-state index in [1.807, 2.05) is 0 Å². The van der Waals surface area contributed by atoms with Crippen molar-refractivity contribution in [2.75, 3.05) is 5.32 Å². The molecular weight excluding hydrogens is 385 g/mol. The van der Waals surface area contributed by atoms with Crippen LogP contribution in [0.3, 0.4) is 0 Å². The summed E-state index contributed by atoms with van der Waals surface area (Å²) in [5.74, 6) is -4.01. The molecule has 0 atom stereocenters. The van der Waals surface area contributed by atoms with Gasteiger partial charge in [0.2, 0.25) is 11.8 Å². The molecule has 28 heavy (non-hydrogen) atoms. The molecular formula is C18H26F5N3O2. The van der Waals surface area contributed by atoms with Gasteiger partial charge in [0.1, 0.15) is 5.82 Å². The summed E-state index contributed by atoms with van der Waals surface area (Å²) in [6.07, 6.45) is -6.11. The molecule has 0 saturated heterocycles. The second-order valence-electron chi connectivity index (χ2n) is 8.90. The highest BCUT2D eigenvalue weighted by Crippen LogP contribution is 2.49. The number of hydrogen-bond acceptors (Lipinski definition) is 3. The van der Waals surface area contributed by atoms with Crippen LogP contribution < -0.4 is 5.32 Å². The van der Waals surface area contributed by atoms with Crippen molar-refractivity contribution in [3.63, 3.8) is 0 Å². The summed E-state index contributed by atoms with van der Waals surface area (Å²) in [5.41, 5.74) is -2.68. The molecule has 1 fully saturated rings. The van der Waals surface area contributed by atoms with Crippen LogP contribution in [-0.4, -0.2) is 38.5 Å². The second-order valence-corrected chi connectivity index (χ2v) is 8.90. The number of carbonyl (C=O) groups is 1. The van der Waals surface area contributed by atoms with Crippen molar-refractivity contribution >= 4 is 11.7 Å². The van der Waals surface area contributed by atoms with Gasteiger partial charge in [-0.05, 0) is 20.8 Å². The van der Waals surface area contributed by atoms with Crippen molar-refractivity contribution in [1.82, 2.24) is 9.78 Å². The predicted molar refractivity (Wildman–Crippen MR) is 93.3 cm³/mol. The molecule has 10 heteroatoms. The van der Waals surface area contributed by atoms with Crippen molar-refractivity contribution in [2.45, 2.75) is 84.0 Å². The lowest BCUT2D eigenvalue weighted by molar-refractivity contribution is -0.213. The Balaban J connectivity index is 2.28. The number of rotatable bonds is 6. The molecule has 1 aliphatic carbocycles. The molecule has 1 aliphatic rings. The highest BCUT2D eigenvalue weighted by Gasteiger charge is 2.49. The van der Waals surface area contributed by atoms with E-state index in [2.05, 4.69) is 10.4 Å². The maximum Gasteiger partial charge on any atom is 0.394 e. The molecule has 1 amide bonds. The van der Waals surface area contributed by atoms with E-state index in [1.54, 1.807) is 6.92 Å². The van der Waals surface area contributed by atoms with Gasteiger partial charge >= 0.3 is 6.18 Å². The number of carbonyl (C=O) groups excluding carboxylic acids is 1. The van der Waals surface area contributed by atoms with E-state index in [0.717, 1.165) is 13.8 Å². The molecule has 0 unspecified atom stereocenters. The molecule has 0 bridgehead atoms. The standard InChI is InChI=1S/C18H26F5N3O2/c1-10-13(11-6-17(19,20)7-11)25-26(9-16(4,5)28)14(10)24-12(27)8-15(2,3)18(21,22)23/h11,28H,6-9H2,1-5H3,(H,24,27). The highest BCUT2D eigenvalue weighted by molar-refractivity contribution is 5.91. The second kappa shape index (κ2) is 6.96. The van der Waals surface area contributed by atoms with Crippen LogP contribution in [0.2, 0.25) is 0 Å². The van der Waals surface area contributed by atoms with Gasteiger partial charge in [0.25, 0.3) is 0 Å². The van der Waals surface area contributed by atoms with Crippen molar-refractivity contribution in [1.29, 1.82) is 0 Å². The van der Waals surface area contributed by atoms with Crippen LogP contribution in [0.15, 0.2) is 0 Å². The quantitative estimate of drug-likeness (QED) is 0.683. The molecule has 1 aromatic heterocycles. The Hall–Kier alpha value is -1.71. The van der Waals surface area contributed by atoms with E-state index in [1.165, 1.54) is 18.5 Å². The van der Waals surface area contributed by atoms with Crippen LogP contribution in [-0.2, 0) is 11.3 Å². The molecule has 2 rings (SSSR count). The molecule has 5 nitrogen and oxygen atoms in total. The van der Waals surface area contributed by atoms with Crippen LogP contribution in [0.4, 0.5) is 27.8 Å². The van der Waals surface area contributed by atoms with Crippen LogP contribution in [0.25, 0.3) is 0 Å². The molecule has 2 N–H and O–H groups in total. The molecule has 1 aromatic rings. The summed E-state index contributed by atoms with van der Waals surface area (Å²) in [7, 11) is 0. The van der Waals surface area contributed by atoms with E-state index in [-0.39, 0.29) is 25.2 Å². The lowest BCUT2D eigenvalue weighted by Gasteiger charge is -2.34. The predicted octanol–water partition coefficient (Wildman–Crippen LogP) is 4.39. The summed E-state index contributed by atoms with van der Waals surface area (Å²) < 4.78 is 66.9. The Morgan fingerprint density at radius 1 is 1.25 bits per heavy atom. The largest absolute Gasteiger partial charge is 0.394 e. The highest BCUT2D eigenvalue weighted by atomic mass is 19.4. The summed E-state index contributed by atoms with van der Waals surface area (Å²) in [5, 5.41) is 16.8. The van der Waals surface area contributed by atoms with Gasteiger partial charge in [-0.1, -0.05) is 13.8 Å². The van der Waals surface area contributed by atoms with Gasteiger partial charge in [0.05, 0.1) is 23.3 Å². The Morgan fingerprint density at radius 2 is 1.79 bits per heavy atom. The summed E-state index contributed by atoms with van der Waals surface area (Å²) in [6, 6.07) is 0. The Morgan fingerprint density at radius 3 is 2.21 bits per heavy atom. The van der Waals surface area contributed by atoms with Crippen molar-refractivity contribution in [3.05, 3.63) is 11.3 Å². The molecule has 0 aromatic carbocycles. The van der Waals surface area contributed by atoms with Gasteiger partial charge in [-0.25, -0.2) is 13.5 Å². The molecule has 1 saturated carbocycles.